The summed E-state index contributed by atoms with van der Waals surface area (Å²) in [6.45, 7) is -0.0915. The number of benzene rings is 3. The summed E-state index contributed by atoms with van der Waals surface area (Å²) in [6.07, 6.45) is -0.280. The van der Waals surface area contributed by atoms with E-state index in [1.807, 2.05) is 18.2 Å². The van der Waals surface area contributed by atoms with Gasteiger partial charge in [0.25, 0.3) is 0 Å². The molecule has 3 rings (SSSR count). The van der Waals surface area contributed by atoms with Crippen molar-refractivity contribution in [2.45, 2.75) is 13.0 Å². The molecular formula is C23H19Cl2FN2O4. The summed E-state index contributed by atoms with van der Waals surface area (Å²) in [4.78, 5) is 23.0. The summed E-state index contributed by atoms with van der Waals surface area (Å²) < 4.78 is 19.5. The molecule has 0 spiro atoms. The van der Waals surface area contributed by atoms with Crippen molar-refractivity contribution in [2.75, 3.05) is 12.4 Å². The van der Waals surface area contributed by atoms with Crippen LogP contribution in [0.3, 0.4) is 0 Å². The highest BCUT2D eigenvalue weighted by atomic mass is 35.5. The molecule has 0 bridgehead atoms. The van der Waals surface area contributed by atoms with Crippen LogP contribution in [0, 0.1) is 5.82 Å². The Hall–Kier alpha value is -3.29. The highest BCUT2D eigenvalue weighted by Gasteiger charge is 2.15. The average molecular weight is 477 g/mol. The van der Waals surface area contributed by atoms with Gasteiger partial charge in [0.2, 0.25) is 0 Å². The van der Waals surface area contributed by atoms with Crippen molar-refractivity contribution < 1.29 is 23.8 Å². The second-order valence-corrected chi connectivity index (χ2v) is 7.63. The van der Waals surface area contributed by atoms with Gasteiger partial charge in [0.1, 0.15) is 11.6 Å². The molecule has 0 aliphatic rings. The van der Waals surface area contributed by atoms with E-state index in [0.29, 0.717) is 38.2 Å². The fourth-order valence-electron chi connectivity index (χ4n) is 3.12. The first-order valence-electron chi connectivity index (χ1n) is 9.45. The van der Waals surface area contributed by atoms with Crippen LogP contribution in [0.25, 0.3) is 11.1 Å². The predicted molar refractivity (Wildman–Crippen MR) is 122 cm³/mol. The minimum absolute atomic E-state index is 0.0915. The van der Waals surface area contributed by atoms with Gasteiger partial charge >= 0.3 is 12.0 Å². The Labute approximate surface area is 193 Å². The number of halogens is 3. The Kier molecular flexibility index (Phi) is 7.56. The van der Waals surface area contributed by atoms with Gasteiger partial charge < -0.3 is 20.5 Å². The number of methoxy groups -OCH3 is 1. The van der Waals surface area contributed by atoms with Crippen molar-refractivity contribution in [2.24, 2.45) is 0 Å². The molecule has 0 saturated carbocycles. The number of carboxylic acid groups (broad SMARTS) is 1. The van der Waals surface area contributed by atoms with Crippen LogP contribution in [0.15, 0.2) is 54.6 Å². The highest BCUT2D eigenvalue weighted by Crippen LogP contribution is 2.41. The molecule has 0 fully saturated rings. The Balaban J connectivity index is 1.69. The molecule has 0 aliphatic heterocycles. The van der Waals surface area contributed by atoms with E-state index in [1.54, 1.807) is 25.3 Å². The third-order valence-corrected chi connectivity index (χ3v) is 5.18. The van der Waals surface area contributed by atoms with Gasteiger partial charge in [0, 0.05) is 28.9 Å². The lowest BCUT2D eigenvalue weighted by molar-refractivity contribution is -0.136. The number of carbonyl (C=O) groups is 2. The summed E-state index contributed by atoms with van der Waals surface area (Å²) in [5, 5.41) is 14.6. The van der Waals surface area contributed by atoms with Crippen LogP contribution in [0.1, 0.15) is 11.1 Å². The molecule has 0 aromatic heterocycles. The van der Waals surface area contributed by atoms with Crippen LogP contribution in [0.4, 0.5) is 14.9 Å². The Bertz CT molecular complexity index is 1150. The number of aliphatic carboxylic acids is 1. The number of hydrogen-bond acceptors (Lipinski definition) is 3. The molecule has 2 amide bonds. The van der Waals surface area contributed by atoms with Crippen LogP contribution in [0.5, 0.6) is 5.75 Å². The minimum Gasteiger partial charge on any atom is -0.496 e. The number of urea groups is 1. The molecular weight excluding hydrogens is 458 g/mol. The minimum atomic E-state index is -1.05. The summed E-state index contributed by atoms with van der Waals surface area (Å²) in [5.41, 5.74) is 2.19. The van der Waals surface area contributed by atoms with Gasteiger partial charge in [0.15, 0.2) is 0 Å². The van der Waals surface area contributed by atoms with Crippen LogP contribution >= 0.6 is 23.2 Å². The third-order valence-electron chi connectivity index (χ3n) is 4.59. The Morgan fingerprint density at radius 1 is 1.06 bits per heavy atom. The van der Waals surface area contributed by atoms with Gasteiger partial charge in [0.05, 0.1) is 23.6 Å². The first-order chi connectivity index (χ1) is 15.3. The molecule has 0 radical (unpaired) electrons. The van der Waals surface area contributed by atoms with Gasteiger partial charge in [-0.2, -0.15) is 0 Å². The second-order valence-electron chi connectivity index (χ2n) is 6.82. The maximum absolute atomic E-state index is 14.1. The largest absolute Gasteiger partial charge is 0.496 e. The van der Waals surface area contributed by atoms with Crippen molar-refractivity contribution in [3.8, 4) is 16.9 Å². The van der Waals surface area contributed by atoms with Gasteiger partial charge in [-0.05, 0) is 29.8 Å². The summed E-state index contributed by atoms with van der Waals surface area (Å²) in [7, 11) is 1.55. The van der Waals surface area contributed by atoms with E-state index in [0.717, 1.165) is 6.07 Å². The third kappa shape index (κ3) is 5.69. The summed E-state index contributed by atoms with van der Waals surface area (Å²) >= 11 is 12.8. The number of carboxylic acids is 1. The van der Waals surface area contributed by atoms with Crippen molar-refractivity contribution in [1.29, 1.82) is 0 Å². The van der Waals surface area contributed by atoms with E-state index < -0.39 is 17.8 Å². The standard InChI is InChI=1S/C23H19Cl2FN2O4/c1-32-20-5-3-2-4-16(20)22-17(24)10-15(11-18(22)25)28-23(31)27-12-14-7-6-13(8-19(14)26)9-21(29)30/h2-8,10-11H,9,12H2,1H3,(H,29,30)(H2,27,28,31). The monoisotopic (exact) mass is 476 g/mol. The lowest BCUT2D eigenvalue weighted by Gasteiger charge is -2.14. The lowest BCUT2D eigenvalue weighted by atomic mass is 10.0. The number of ether oxygens (including phenoxy) is 1. The molecule has 6 nitrogen and oxygen atoms in total. The number of para-hydroxylation sites is 1. The van der Waals surface area contributed by atoms with E-state index in [4.69, 9.17) is 33.0 Å². The normalized spacial score (nSPS) is 10.5. The SMILES string of the molecule is COc1ccccc1-c1c(Cl)cc(NC(=O)NCc2ccc(CC(=O)O)cc2F)cc1Cl. The summed E-state index contributed by atoms with van der Waals surface area (Å²) in [5.74, 6) is -1.05. The Morgan fingerprint density at radius 2 is 1.75 bits per heavy atom. The molecule has 9 heteroatoms. The molecule has 166 valence electrons. The molecule has 3 aromatic carbocycles. The van der Waals surface area contributed by atoms with E-state index in [2.05, 4.69) is 10.6 Å². The van der Waals surface area contributed by atoms with Crippen LogP contribution in [-0.4, -0.2) is 24.2 Å². The molecule has 0 atom stereocenters. The molecule has 0 aliphatic carbocycles. The van der Waals surface area contributed by atoms with Crippen LogP contribution in [-0.2, 0) is 17.8 Å². The predicted octanol–water partition coefficient (Wildman–Crippen LogP) is 5.76. The number of amides is 2. The highest BCUT2D eigenvalue weighted by molar-refractivity contribution is 6.40. The fourth-order valence-corrected chi connectivity index (χ4v) is 3.81. The van der Waals surface area contributed by atoms with Gasteiger partial charge in [-0.15, -0.1) is 0 Å². The van der Waals surface area contributed by atoms with E-state index >= 15 is 0 Å². The molecule has 3 N–H and O–H groups in total. The van der Waals surface area contributed by atoms with E-state index in [9.17, 15) is 14.0 Å². The average Bonchev–Trinajstić information content (AvgIpc) is 2.72. The lowest BCUT2D eigenvalue weighted by Crippen LogP contribution is -2.28. The number of rotatable bonds is 7. The molecule has 32 heavy (non-hydrogen) atoms. The second kappa shape index (κ2) is 10.3. The van der Waals surface area contributed by atoms with Gasteiger partial charge in [-0.25, -0.2) is 9.18 Å². The number of anilines is 1. The van der Waals surface area contributed by atoms with Crippen molar-refractivity contribution in [3.05, 3.63) is 81.6 Å². The molecule has 0 saturated heterocycles. The number of nitrogens with one attached hydrogen (secondary N) is 2. The smallest absolute Gasteiger partial charge is 0.319 e. The summed E-state index contributed by atoms with van der Waals surface area (Å²) in [6, 6.07) is 13.9. The van der Waals surface area contributed by atoms with Gasteiger partial charge in [-0.1, -0.05) is 53.5 Å². The fraction of sp³-hybridized carbons (Fsp3) is 0.130. The molecule has 3 aromatic rings. The zero-order chi connectivity index (χ0) is 23.3. The van der Waals surface area contributed by atoms with Crippen LogP contribution in [0.2, 0.25) is 10.0 Å². The quantitative estimate of drug-likeness (QED) is 0.404. The topological polar surface area (TPSA) is 87.7 Å². The molecule has 0 heterocycles. The maximum Gasteiger partial charge on any atom is 0.319 e. The zero-order valence-corrected chi connectivity index (χ0v) is 18.4. The first kappa shape index (κ1) is 23.4. The molecule has 0 unspecified atom stereocenters. The van der Waals surface area contributed by atoms with Crippen molar-refractivity contribution in [1.82, 2.24) is 5.32 Å². The number of hydrogen-bond donors (Lipinski definition) is 3. The van der Waals surface area contributed by atoms with Crippen LogP contribution < -0.4 is 15.4 Å². The zero-order valence-electron chi connectivity index (χ0n) is 16.9. The van der Waals surface area contributed by atoms with E-state index in [-0.39, 0.29) is 18.5 Å². The van der Waals surface area contributed by atoms with Crippen molar-refractivity contribution in [3.63, 3.8) is 0 Å². The first-order valence-corrected chi connectivity index (χ1v) is 10.2. The van der Waals surface area contributed by atoms with E-state index in [1.165, 1.54) is 12.1 Å². The number of carbonyl (C=O) groups excluding carboxylic acids is 1. The van der Waals surface area contributed by atoms with Gasteiger partial charge in [-0.3, -0.25) is 4.79 Å². The maximum atomic E-state index is 14.1. The van der Waals surface area contributed by atoms with Crippen molar-refractivity contribution >= 4 is 40.9 Å². The Morgan fingerprint density at radius 3 is 2.38 bits per heavy atom.